The van der Waals surface area contributed by atoms with Gasteiger partial charge >= 0.3 is 0 Å². The molecule has 0 aromatic heterocycles. The van der Waals surface area contributed by atoms with Crippen molar-refractivity contribution in [2.75, 3.05) is 7.05 Å². The second-order valence-electron chi connectivity index (χ2n) is 3.95. The molecule has 0 atom stereocenters. The summed E-state index contributed by atoms with van der Waals surface area (Å²) in [6.45, 7) is 0. The smallest absolute Gasteiger partial charge is 0.236 e. The Hall–Kier alpha value is -0.940. The highest BCUT2D eigenvalue weighted by Gasteiger charge is 2.06. The normalized spacial score (nSPS) is 10.4. The highest BCUT2D eigenvalue weighted by molar-refractivity contribution is 9.10. The molecule has 0 radical (unpaired) electrons. The van der Waals surface area contributed by atoms with E-state index in [1.54, 1.807) is 12.1 Å². The molecule has 2 N–H and O–H groups in total. The largest absolute Gasteiger partial charge is 0.284 e. The minimum atomic E-state index is -0.199. The molecule has 1 rings (SSSR count). The third-order valence-corrected chi connectivity index (χ3v) is 2.98. The van der Waals surface area contributed by atoms with Gasteiger partial charge in [0.15, 0.2) is 0 Å². The molecule has 1 aromatic rings. The number of hydrogen-bond donors (Lipinski definition) is 1. The summed E-state index contributed by atoms with van der Waals surface area (Å²) in [5.41, 5.74) is 0.674. The van der Waals surface area contributed by atoms with Gasteiger partial charge in [-0.25, -0.2) is 10.2 Å². The molecule has 3 nitrogen and oxygen atoms in total. The SMILES string of the molecule is CN(N)C(=O)CCCCc1cc(Br)ccc1F. The van der Waals surface area contributed by atoms with Crippen LogP contribution in [0.15, 0.2) is 22.7 Å². The first-order valence-electron chi connectivity index (χ1n) is 5.46. The van der Waals surface area contributed by atoms with Gasteiger partial charge in [0.2, 0.25) is 5.91 Å². The van der Waals surface area contributed by atoms with Gasteiger partial charge in [-0.3, -0.25) is 9.80 Å². The molecule has 0 bridgehead atoms. The number of aryl methyl sites for hydroxylation is 1. The van der Waals surface area contributed by atoms with E-state index in [1.165, 1.54) is 13.1 Å². The molecular formula is C12H16BrFN2O. The first kappa shape index (κ1) is 14.1. The fraction of sp³-hybridized carbons (Fsp3) is 0.417. The van der Waals surface area contributed by atoms with Crippen molar-refractivity contribution in [3.63, 3.8) is 0 Å². The number of amides is 1. The Labute approximate surface area is 109 Å². The zero-order chi connectivity index (χ0) is 12.8. The van der Waals surface area contributed by atoms with Crippen LogP contribution in [0.3, 0.4) is 0 Å². The fourth-order valence-electron chi connectivity index (χ4n) is 1.50. The van der Waals surface area contributed by atoms with E-state index in [1.807, 2.05) is 0 Å². The number of benzene rings is 1. The van der Waals surface area contributed by atoms with E-state index in [2.05, 4.69) is 15.9 Å². The van der Waals surface area contributed by atoms with Crippen molar-refractivity contribution in [3.8, 4) is 0 Å². The lowest BCUT2D eigenvalue weighted by Crippen LogP contribution is -2.32. The average Bonchev–Trinajstić information content (AvgIpc) is 2.28. The van der Waals surface area contributed by atoms with Gasteiger partial charge in [0.1, 0.15) is 5.82 Å². The van der Waals surface area contributed by atoms with Gasteiger partial charge in [0.25, 0.3) is 0 Å². The topological polar surface area (TPSA) is 46.3 Å². The molecule has 0 fully saturated rings. The van der Waals surface area contributed by atoms with Crippen LogP contribution in [0, 0.1) is 5.82 Å². The molecule has 0 aliphatic rings. The van der Waals surface area contributed by atoms with Crippen molar-refractivity contribution in [1.29, 1.82) is 0 Å². The molecule has 0 saturated heterocycles. The Kier molecular flexibility index (Phi) is 5.58. The Morgan fingerprint density at radius 1 is 1.47 bits per heavy atom. The summed E-state index contributed by atoms with van der Waals surface area (Å²) in [4.78, 5) is 11.2. The van der Waals surface area contributed by atoms with Crippen LogP contribution in [-0.4, -0.2) is 18.0 Å². The highest BCUT2D eigenvalue weighted by Crippen LogP contribution is 2.17. The number of hydrazine groups is 1. The lowest BCUT2D eigenvalue weighted by Gasteiger charge is -2.09. The van der Waals surface area contributed by atoms with Gasteiger partial charge in [-0.2, -0.15) is 0 Å². The number of carbonyl (C=O) groups excluding carboxylic acids is 1. The molecule has 94 valence electrons. The quantitative estimate of drug-likeness (QED) is 0.393. The monoisotopic (exact) mass is 302 g/mol. The molecule has 0 heterocycles. The number of carbonyl (C=O) groups is 1. The van der Waals surface area contributed by atoms with Gasteiger partial charge in [0.05, 0.1) is 0 Å². The number of hydrogen-bond acceptors (Lipinski definition) is 2. The minimum absolute atomic E-state index is 0.0975. The van der Waals surface area contributed by atoms with Gasteiger partial charge in [-0.1, -0.05) is 15.9 Å². The second kappa shape index (κ2) is 6.71. The zero-order valence-electron chi connectivity index (χ0n) is 9.75. The maximum atomic E-state index is 13.4. The summed E-state index contributed by atoms with van der Waals surface area (Å²) < 4.78 is 14.2. The lowest BCUT2D eigenvalue weighted by atomic mass is 10.1. The Morgan fingerprint density at radius 2 is 2.18 bits per heavy atom. The molecule has 0 saturated carbocycles. The maximum absolute atomic E-state index is 13.4. The van der Waals surface area contributed by atoms with Crippen LogP contribution in [0.1, 0.15) is 24.8 Å². The number of rotatable bonds is 5. The molecule has 1 aromatic carbocycles. The van der Waals surface area contributed by atoms with E-state index >= 15 is 0 Å². The Bertz CT molecular complexity index is 396. The van der Waals surface area contributed by atoms with E-state index in [-0.39, 0.29) is 11.7 Å². The molecule has 0 aliphatic heterocycles. The van der Waals surface area contributed by atoms with Crippen molar-refractivity contribution < 1.29 is 9.18 Å². The molecular weight excluding hydrogens is 287 g/mol. The van der Waals surface area contributed by atoms with E-state index in [4.69, 9.17) is 5.84 Å². The van der Waals surface area contributed by atoms with Crippen LogP contribution in [0.5, 0.6) is 0 Å². The third-order valence-electron chi connectivity index (χ3n) is 2.49. The van der Waals surface area contributed by atoms with Crippen molar-refractivity contribution in [2.45, 2.75) is 25.7 Å². The van der Waals surface area contributed by atoms with Crippen LogP contribution in [0.4, 0.5) is 4.39 Å². The number of nitrogens with two attached hydrogens (primary N) is 1. The molecule has 17 heavy (non-hydrogen) atoms. The molecule has 0 aliphatic carbocycles. The summed E-state index contributed by atoms with van der Waals surface area (Å²) >= 11 is 3.30. The second-order valence-corrected chi connectivity index (χ2v) is 4.86. The van der Waals surface area contributed by atoms with Gasteiger partial charge < -0.3 is 0 Å². The van der Waals surface area contributed by atoms with E-state index in [9.17, 15) is 9.18 Å². The molecule has 0 spiro atoms. The first-order valence-corrected chi connectivity index (χ1v) is 6.25. The van der Waals surface area contributed by atoms with Gasteiger partial charge in [-0.05, 0) is 43.0 Å². The molecule has 1 amide bonds. The van der Waals surface area contributed by atoms with Crippen LogP contribution in [-0.2, 0) is 11.2 Å². The standard InChI is InChI=1S/C12H16BrFN2O/c1-16(15)12(17)5-3-2-4-9-8-10(13)6-7-11(9)14/h6-8H,2-5,15H2,1H3. The predicted molar refractivity (Wildman–Crippen MR) is 68.6 cm³/mol. The van der Waals surface area contributed by atoms with Crippen LogP contribution < -0.4 is 5.84 Å². The van der Waals surface area contributed by atoms with Crippen molar-refractivity contribution >= 4 is 21.8 Å². The summed E-state index contributed by atoms with van der Waals surface area (Å²) in [5, 5.41) is 1.08. The zero-order valence-corrected chi connectivity index (χ0v) is 11.3. The summed E-state index contributed by atoms with van der Waals surface area (Å²) in [7, 11) is 1.52. The Morgan fingerprint density at radius 3 is 2.82 bits per heavy atom. The van der Waals surface area contributed by atoms with E-state index in [0.29, 0.717) is 24.8 Å². The van der Waals surface area contributed by atoms with Crippen molar-refractivity contribution in [2.24, 2.45) is 5.84 Å². The number of halogens is 2. The van der Waals surface area contributed by atoms with Crippen molar-refractivity contribution in [3.05, 3.63) is 34.1 Å². The number of nitrogens with zero attached hydrogens (tertiary/aromatic N) is 1. The van der Waals surface area contributed by atoms with Gasteiger partial charge in [-0.15, -0.1) is 0 Å². The lowest BCUT2D eigenvalue weighted by molar-refractivity contribution is -0.130. The van der Waals surface area contributed by atoms with Crippen LogP contribution in [0.25, 0.3) is 0 Å². The summed E-state index contributed by atoms with van der Waals surface area (Å²) in [6, 6.07) is 4.89. The average molecular weight is 303 g/mol. The summed E-state index contributed by atoms with van der Waals surface area (Å²) in [5.74, 6) is 4.99. The van der Waals surface area contributed by atoms with E-state index in [0.717, 1.165) is 15.9 Å². The van der Waals surface area contributed by atoms with E-state index < -0.39 is 0 Å². The first-order chi connectivity index (χ1) is 8.00. The fourth-order valence-corrected chi connectivity index (χ4v) is 1.91. The maximum Gasteiger partial charge on any atom is 0.236 e. The highest BCUT2D eigenvalue weighted by atomic mass is 79.9. The third kappa shape index (κ3) is 4.83. The van der Waals surface area contributed by atoms with Crippen LogP contribution in [0.2, 0.25) is 0 Å². The predicted octanol–water partition coefficient (Wildman–Crippen LogP) is 2.63. The Balaban J connectivity index is 2.36. The molecule has 5 heteroatoms. The minimum Gasteiger partial charge on any atom is -0.284 e. The number of unbranched alkanes of at least 4 members (excludes halogenated alkanes) is 1. The van der Waals surface area contributed by atoms with Gasteiger partial charge in [0, 0.05) is 17.9 Å². The van der Waals surface area contributed by atoms with Crippen molar-refractivity contribution in [1.82, 2.24) is 5.01 Å². The van der Waals surface area contributed by atoms with Crippen LogP contribution >= 0.6 is 15.9 Å². The molecule has 0 unspecified atom stereocenters. The summed E-state index contributed by atoms with van der Waals surface area (Å²) in [6.07, 6.45) is 2.52.